The van der Waals surface area contributed by atoms with Gasteiger partial charge < -0.3 is 9.47 Å². The standard InChI is InChI=1S/C29H36O2/c1-21-14-15-26-24(19-21)20-27(29(26)23-10-3-2-4-11-23)25-12-6-5-9-22(25)16-18-31-28-13-7-8-17-30-28/h5-6,9,12,14-15,19,23,28H,2-4,7-8,10-11,13,16-18,20H2,1H3. The van der Waals surface area contributed by atoms with Crippen molar-refractivity contribution in [3.8, 4) is 0 Å². The van der Waals surface area contributed by atoms with Crippen LogP contribution in [0.25, 0.3) is 11.1 Å². The van der Waals surface area contributed by atoms with Crippen LogP contribution in [0.4, 0.5) is 0 Å². The molecule has 0 N–H and O–H groups in total. The molecule has 0 spiro atoms. The Morgan fingerprint density at radius 1 is 0.903 bits per heavy atom. The van der Waals surface area contributed by atoms with Crippen molar-refractivity contribution in [1.82, 2.24) is 0 Å². The second-order valence-corrected chi connectivity index (χ2v) is 9.64. The molecule has 2 fully saturated rings. The van der Waals surface area contributed by atoms with E-state index in [1.54, 1.807) is 11.1 Å². The highest BCUT2D eigenvalue weighted by atomic mass is 16.7. The van der Waals surface area contributed by atoms with Gasteiger partial charge >= 0.3 is 0 Å². The number of aryl methyl sites for hydroxylation is 1. The Morgan fingerprint density at radius 2 is 1.74 bits per heavy atom. The molecule has 2 aromatic rings. The zero-order chi connectivity index (χ0) is 21.0. The third kappa shape index (κ3) is 4.66. The zero-order valence-electron chi connectivity index (χ0n) is 19.0. The fourth-order valence-corrected chi connectivity index (χ4v) is 5.85. The molecule has 1 saturated carbocycles. The predicted octanol–water partition coefficient (Wildman–Crippen LogP) is 7.13. The number of fused-ring (bicyclic) bond motifs is 1. The lowest BCUT2D eigenvalue weighted by molar-refractivity contribution is -0.161. The van der Waals surface area contributed by atoms with Gasteiger partial charge in [0.25, 0.3) is 0 Å². The number of ether oxygens (including phenoxy) is 2. The Balaban J connectivity index is 1.43. The SMILES string of the molecule is Cc1ccc2c(c1)CC(c1ccccc1CCOC1CCCCO1)=C2C1CCCCC1. The lowest BCUT2D eigenvalue weighted by Gasteiger charge is -2.26. The number of benzene rings is 2. The van der Waals surface area contributed by atoms with Gasteiger partial charge in [-0.1, -0.05) is 67.3 Å². The summed E-state index contributed by atoms with van der Waals surface area (Å²) in [6, 6.07) is 16.2. The summed E-state index contributed by atoms with van der Waals surface area (Å²) in [5.41, 5.74) is 10.5. The summed E-state index contributed by atoms with van der Waals surface area (Å²) in [5.74, 6) is 0.715. The molecule has 1 heterocycles. The van der Waals surface area contributed by atoms with Gasteiger partial charge in [-0.3, -0.25) is 0 Å². The number of hydrogen-bond acceptors (Lipinski definition) is 2. The molecule has 0 amide bonds. The van der Waals surface area contributed by atoms with Crippen molar-refractivity contribution in [3.05, 3.63) is 70.3 Å². The van der Waals surface area contributed by atoms with E-state index in [-0.39, 0.29) is 6.29 Å². The molecule has 1 unspecified atom stereocenters. The van der Waals surface area contributed by atoms with Gasteiger partial charge in [-0.05, 0) is 91.2 Å². The minimum atomic E-state index is -0.00311. The normalized spacial score (nSPS) is 22.0. The second kappa shape index (κ2) is 9.71. The van der Waals surface area contributed by atoms with Gasteiger partial charge in [-0.25, -0.2) is 0 Å². The van der Waals surface area contributed by atoms with Crippen LogP contribution >= 0.6 is 0 Å². The molecule has 3 aliphatic rings. The molecule has 2 aliphatic carbocycles. The smallest absolute Gasteiger partial charge is 0.157 e. The molecule has 2 heteroatoms. The van der Waals surface area contributed by atoms with Gasteiger partial charge in [-0.2, -0.15) is 0 Å². The second-order valence-electron chi connectivity index (χ2n) is 9.64. The van der Waals surface area contributed by atoms with Crippen molar-refractivity contribution < 1.29 is 9.47 Å². The first-order chi connectivity index (χ1) is 15.3. The van der Waals surface area contributed by atoms with Gasteiger partial charge in [-0.15, -0.1) is 0 Å². The highest BCUT2D eigenvalue weighted by Gasteiger charge is 2.30. The van der Waals surface area contributed by atoms with E-state index in [0.717, 1.165) is 32.5 Å². The number of allylic oxidation sites excluding steroid dienone is 2. The molecule has 1 saturated heterocycles. The van der Waals surface area contributed by atoms with E-state index in [0.29, 0.717) is 5.92 Å². The van der Waals surface area contributed by atoms with Crippen LogP contribution in [0.1, 0.15) is 79.2 Å². The summed E-state index contributed by atoms with van der Waals surface area (Å²) >= 11 is 0. The van der Waals surface area contributed by atoms with Crippen molar-refractivity contribution in [2.75, 3.05) is 13.2 Å². The van der Waals surface area contributed by atoms with Crippen molar-refractivity contribution in [2.45, 2.75) is 77.4 Å². The van der Waals surface area contributed by atoms with Crippen LogP contribution in [0.15, 0.2) is 42.5 Å². The first kappa shape index (κ1) is 21.0. The maximum absolute atomic E-state index is 6.09. The summed E-state index contributed by atoms with van der Waals surface area (Å²) < 4.78 is 11.9. The average Bonchev–Trinajstić information content (AvgIpc) is 3.19. The van der Waals surface area contributed by atoms with Gasteiger partial charge in [0.15, 0.2) is 6.29 Å². The summed E-state index contributed by atoms with van der Waals surface area (Å²) in [4.78, 5) is 0. The molecular formula is C29H36O2. The van der Waals surface area contributed by atoms with Crippen LogP contribution in [0, 0.1) is 12.8 Å². The van der Waals surface area contributed by atoms with Gasteiger partial charge in [0.1, 0.15) is 0 Å². The molecule has 0 radical (unpaired) electrons. The molecule has 0 bridgehead atoms. The van der Waals surface area contributed by atoms with E-state index in [1.807, 2.05) is 0 Å². The molecule has 2 nitrogen and oxygen atoms in total. The summed E-state index contributed by atoms with van der Waals surface area (Å²) in [7, 11) is 0. The highest BCUT2D eigenvalue weighted by Crippen LogP contribution is 2.47. The molecule has 1 atom stereocenters. The van der Waals surface area contributed by atoms with Crippen LogP contribution in [-0.4, -0.2) is 19.5 Å². The molecule has 1 aliphatic heterocycles. The van der Waals surface area contributed by atoms with E-state index >= 15 is 0 Å². The van der Waals surface area contributed by atoms with Crippen LogP contribution in [0.2, 0.25) is 0 Å². The Bertz CT molecular complexity index is 930. The Hall–Kier alpha value is -1.90. The third-order valence-corrected chi connectivity index (χ3v) is 7.41. The van der Waals surface area contributed by atoms with E-state index in [4.69, 9.17) is 9.47 Å². The van der Waals surface area contributed by atoms with Crippen molar-refractivity contribution >= 4 is 11.1 Å². The minimum Gasteiger partial charge on any atom is -0.353 e. The van der Waals surface area contributed by atoms with E-state index < -0.39 is 0 Å². The lowest BCUT2D eigenvalue weighted by Crippen LogP contribution is -2.23. The fourth-order valence-electron chi connectivity index (χ4n) is 5.85. The van der Waals surface area contributed by atoms with E-state index in [2.05, 4.69) is 49.4 Å². The van der Waals surface area contributed by atoms with Gasteiger partial charge in [0, 0.05) is 6.61 Å². The maximum Gasteiger partial charge on any atom is 0.157 e. The quantitative estimate of drug-likeness (QED) is 0.499. The van der Waals surface area contributed by atoms with E-state index in [1.165, 1.54) is 72.8 Å². The maximum atomic E-state index is 6.09. The molecule has 2 aromatic carbocycles. The summed E-state index contributed by atoms with van der Waals surface area (Å²) in [5, 5.41) is 0. The zero-order valence-corrected chi connectivity index (χ0v) is 19.0. The van der Waals surface area contributed by atoms with Gasteiger partial charge in [0.05, 0.1) is 6.61 Å². The first-order valence-electron chi connectivity index (χ1n) is 12.4. The minimum absolute atomic E-state index is 0.00311. The summed E-state index contributed by atoms with van der Waals surface area (Å²) in [6.07, 6.45) is 12.3. The van der Waals surface area contributed by atoms with E-state index in [9.17, 15) is 0 Å². The van der Waals surface area contributed by atoms with Crippen LogP contribution < -0.4 is 0 Å². The lowest BCUT2D eigenvalue weighted by atomic mass is 9.79. The fraction of sp³-hybridized carbons (Fsp3) is 0.517. The van der Waals surface area contributed by atoms with Crippen molar-refractivity contribution in [1.29, 1.82) is 0 Å². The van der Waals surface area contributed by atoms with Crippen LogP contribution in [-0.2, 0) is 22.3 Å². The molecule has 164 valence electrons. The largest absolute Gasteiger partial charge is 0.353 e. The van der Waals surface area contributed by atoms with Crippen molar-refractivity contribution in [3.63, 3.8) is 0 Å². The monoisotopic (exact) mass is 416 g/mol. The summed E-state index contributed by atoms with van der Waals surface area (Å²) in [6.45, 7) is 3.80. The van der Waals surface area contributed by atoms with Crippen LogP contribution in [0.3, 0.4) is 0 Å². The topological polar surface area (TPSA) is 18.5 Å². The predicted molar refractivity (Wildman–Crippen MR) is 128 cm³/mol. The Labute approximate surface area is 187 Å². The Kier molecular flexibility index (Phi) is 6.57. The first-order valence-corrected chi connectivity index (χ1v) is 12.4. The number of hydrogen-bond donors (Lipinski definition) is 0. The van der Waals surface area contributed by atoms with Crippen LogP contribution in [0.5, 0.6) is 0 Å². The molecule has 31 heavy (non-hydrogen) atoms. The molecule has 5 rings (SSSR count). The van der Waals surface area contributed by atoms with Gasteiger partial charge in [0.2, 0.25) is 0 Å². The number of rotatable bonds is 6. The Morgan fingerprint density at radius 3 is 2.58 bits per heavy atom. The highest BCUT2D eigenvalue weighted by molar-refractivity contribution is 5.98. The molecular weight excluding hydrogens is 380 g/mol. The average molecular weight is 417 g/mol. The van der Waals surface area contributed by atoms with Crippen molar-refractivity contribution in [2.24, 2.45) is 5.92 Å². The molecule has 0 aromatic heterocycles. The third-order valence-electron chi connectivity index (χ3n) is 7.41.